The third-order valence-electron chi connectivity index (χ3n) is 3.34. The lowest BCUT2D eigenvalue weighted by atomic mass is 10.1. The first-order valence-electron chi connectivity index (χ1n) is 7.40. The first-order valence-corrected chi connectivity index (χ1v) is 8.22. The molecule has 3 aromatic rings. The third kappa shape index (κ3) is 3.71. The standard InChI is InChI=1S/C18H16FNO3S/c1-18(2,23-13-9-7-12(19)8-10-13)17(21)22-11-16-20-14-5-3-4-6-15(14)24-16/h3-10H,11H2,1-2H3. The zero-order valence-electron chi connectivity index (χ0n) is 13.3. The lowest BCUT2D eigenvalue weighted by molar-refractivity contribution is -0.160. The van der Waals surface area contributed by atoms with Gasteiger partial charge >= 0.3 is 5.97 Å². The number of thiazole rings is 1. The maximum absolute atomic E-state index is 12.9. The van der Waals surface area contributed by atoms with E-state index in [9.17, 15) is 9.18 Å². The van der Waals surface area contributed by atoms with Crippen LogP contribution in [0.15, 0.2) is 48.5 Å². The van der Waals surface area contributed by atoms with Crippen LogP contribution in [-0.2, 0) is 16.1 Å². The Morgan fingerprint density at radius 3 is 2.58 bits per heavy atom. The molecule has 0 aliphatic heterocycles. The number of para-hydroxylation sites is 1. The van der Waals surface area contributed by atoms with Crippen molar-refractivity contribution in [2.24, 2.45) is 0 Å². The van der Waals surface area contributed by atoms with E-state index in [1.165, 1.54) is 35.6 Å². The molecule has 1 heterocycles. The van der Waals surface area contributed by atoms with Crippen molar-refractivity contribution in [2.45, 2.75) is 26.1 Å². The van der Waals surface area contributed by atoms with Crippen LogP contribution >= 0.6 is 11.3 Å². The first-order chi connectivity index (χ1) is 11.4. The summed E-state index contributed by atoms with van der Waals surface area (Å²) in [7, 11) is 0. The van der Waals surface area contributed by atoms with E-state index in [4.69, 9.17) is 9.47 Å². The molecule has 4 nitrogen and oxygen atoms in total. The first kappa shape index (κ1) is 16.4. The van der Waals surface area contributed by atoms with E-state index in [1.54, 1.807) is 13.8 Å². The summed E-state index contributed by atoms with van der Waals surface area (Å²) < 4.78 is 24.9. The third-order valence-corrected chi connectivity index (χ3v) is 4.35. The number of rotatable bonds is 5. The van der Waals surface area contributed by atoms with Gasteiger partial charge in [0.25, 0.3) is 0 Å². The maximum atomic E-state index is 12.9. The van der Waals surface area contributed by atoms with E-state index >= 15 is 0 Å². The van der Waals surface area contributed by atoms with Gasteiger partial charge in [0, 0.05) is 0 Å². The Balaban J connectivity index is 1.63. The quantitative estimate of drug-likeness (QED) is 0.646. The molecule has 0 saturated carbocycles. The minimum Gasteiger partial charge on any atom is -0.476 e. The van der Waals surface area contributed by atoms with Crippen LogP contribution < -0.4 is 4.74 Å². The molecule has 6 heteroatoms. The summed E-state index contributed by atoms with van der Waals surface area (Å²) in [5.41, 5.74) is -0.301. The topological polar surface area (TPSA) is 48.4 Å². The van der Waals surface area contributed by atoms with Crippen LogP contribution in [-0.4, -0.2) is 16.6 Å². The molecule has 0 bridgehead atoms. The fourth-order valence-corrected chi connectivity index (χ4v) is 3.00. The number of hydrogen-bond acceptors (Lipinski definition) is 5. The Morgan fingerprint density at radius 2 is 1.88 bits per heavy atom. The molecular formula is C18H16FNO3S. The number of fused-ring (bicyclic) bond motifs is 1. The van der Waals surface area contributed by atoms with Gasteiger partial charge in [-0.2, -0.15) is 0 Å². The molecule has 124 valence electrons. The Kier molecular flexibility index (Phi) is 4.49. The number of carbonyl (C=O) groups is 1. The van der Waals surface area contributed by atoms with Crippen molar-refractivity contribution in [3.8, 4) is 5.75 Å². The fourth-order valence-electron chi connectivity index (χ4n) is 2.12. The molecule has 1 aromatic heterocycles. The van der Waals surface area contributed by atoms with Crippen molar-refractivity contribution in [3.63, 3.8) is 0 Å². The molecule has 0 unspecified atom stereocenters. The summed E-state index contributed by atoms with van der Waals surface area (Å²) in [5.74, 6) is -0.469. The highest BCUT2D eigenvalue weighted by Gasteiger charge is 2.32. The molecule has 0 atom stereocenters. The molecule has 0 aliphatic carbocycles. The van der Waals surface area contributed by atoms with Gasteiger partial charge in [-0.3, -0.25) is 0 Å². The van der Waals surface area contributed by atoms with Crippen molar-refractivity contribution in [2.75, 3.05) is 0 Å². The molecule has 0 radical (unpaired) electrons. The number of ether oxygens (including phenoxy) is 2. The molecule has 0 fully saturated rings. The zero-order chi connectivity index (χ0) is 17.2. The van der Waals surface area contributed by atoms with Gasteiger partial charge in [-0.1, -0.05) is 12.1 Å². The highest BCUT2D eigenvalue weighted by molar-refractivity contribution is 7.18. The smallest absolute Gasteiger partial charge is 0.350 e. The number of carbonyl (C=O) groups excluding carboxylic acids is 1. The number of hydrogen-bond donors (Lipinski definition) is 0. The second kappa shape index (κ2) is 6.57. The molecule has 0 spiro atoms. The number of benzene rings is 2. The van der Waals surface area contributed by atoms with Gasteiger partial charge in [-0.15, -0.1) is 11.3 Å². The summed E-state index contributed by atoms with van der Waals surface area (Å²) in [6.45, 7) is 3.31. The van der Waals surface area contributed by atoms with Crippen LogP contribution in [0, 0.1) is 5.82 Å². The summed E-state index contributed by atoms with van der Waals surface area (Å²) in [6.07, 6.45) is 0. The van der Waals surface area contributed by atoms with Crippen LogP contribution in [0.4, 0.5) is 4.39 Å². The largest absolute Gasteiger partial charge is 0.476 e. The highest BCUT2D eigenvalue weighted by atomic mass is 32.1. The van der Waals surface area contributed by atoms with E-state index in [-0.39, 0.29) is 12.4 Å². The van der Waals surface area contributed by atoms with Crippen LogP contribution in [0.2, 0.25) is 0 Å². The maximum Gasteiger partial charge on any atom is 0.350 e. The van der Waals surface area contributed by atoms with Crippen molar-refractivity contribution in [1.82, 2.24) is 4.98 Å². The Morgan fingerprint density at radius 1 is 1.17 bits per heavy atom. The lowest BCUT2D eigenvalue weighted by Gasteiger charge is -2.24. The van der Waals surface area contributed by atoms with Crippen LogP contribution in [0.5, 0.6) is 5.75 Å². The number of esters is 1. The molecule has 0 saturated heterocycles. The fraction of sp³-hybridized carbons (Fsp3) is 0.222. The minimum absolute atomic E-state index is 0.0917. The second-order valence-electron chi connectivity index (χ2n) is 5.72. The lowest BCUT2D eigenvalue weighted by Crippen LogP contribution is -2.39. The van der Waals surface area contributed by atoms with Crippen molar-refractivity contribution >= 4 is 27.5 Å². The van der Waals surface area contributed by atoms with Crippen molar-refractivity contribution in [1.29, 1.82) is 0 Å². The zero-order valence-corrected chi connectivity index (χ0v) is 14.1. The van der Waals surface area contributed by atoms with Gasteiger partial charge < -0.3 is 9.47 Å². The van der Waals surface area contributed by atoms with E-state index in [1.807, 2.05) is 24.3 Å². The summed E-state index contributed by atoms with van der Waals surface area (Å²) in [4.78, 5) is 16.7. The molecule has 0 amide bonds. The molecule has 0 aliphatic rings. The Bertz CT molecular complexity index is 825. The van der Waals surface area contributed by atoms with Gasteiger partial charge in [0.15, 0.2) is 5.60 Å². The average molecular weight is 345 g/mol. The van der Waals surface area contributed by atoms with Crippen LogP contribution in [0.1, 0.15) is 18.9 Å². The van der Waals surface area contributed by atoms with Crippen molar-refractivity contribution < 1.29 is 18.7 Å². The predicted molar refractivity (Wildman–Crippen MR) is 90.5 cm³/mol. The van der Waals surface area contributed by atoms with Crippen LogP contribution in [0.3, 0.4) is 0 Å². The monoisotopic (exact) mass is 345 g/mol. The molecular weight excluding hydrogens is 329 g/mol. The van der Waals surface area contributed by atoms with E-state index in [2.05, 4.69) is 4.98 Å². The number of nitrogens with zero attached hydrogens (tertiary/aromatic N) is 1. The van der Waals surface area contributed by atoms with Crippen molar-refractivity contribution in [3.05, 3.63) is 59.4 Å². The Labute approximate surface area is 142 Å². The summed E-state index contributed by atoms with van der Waals surface area (Å²) in [6, 6.07) is 13.2. The van der Waals surface area contributed by atoms with Gasteiger partial charge in [-0.05, 0) is 50.2 Å². The Hall–Kier alpha value is -2.47. The SMILES string of the molecule is CC(C)(Oc1ccc(F)cc1)C(=O)OCc1nc2ccccc2s1. The summed E-state index contributed by atoms with van der Waals surface area (Å²) in [5, 5.41) is 0.724. The van der Waals surface area contributed by atoms with Gasteiger partial charge in [0.1, 0.15) is 23.2 Å². The minimum atomic E-state index is -1.19. The summed E-state index contributed by atoms with van der Waals surface area (Å²) >= 11 is 1.48. The number of halogens is 1. The second-order valence-corrected chi connectivity index (χ2v) is 6.83. The van der Waals surface area contributed by atoms with Gasteiger partial charge in [0.2, 0.25) is 0 Å². The molecule has 2 aromatic carbocycles. The van der Waals surface area contributed by atoms with E-state index < -0.39 is 11.6 Å². The van der Waals surface area contributed by atoms with E-state index in [0.717, 1.165) is 15.2 Å². The predicted octanol–water partition coefficient (Wildman–Crippen LogP) is 4.34. The number of aromatic nitrogens is 1. The van der Waals surface area contributed by atoms with E-state index in [0.29, 0.717) is 5.75 Å². The van der Waals surface area contributed by atoms with Crippen LogP contribution in [0.25, 0.3) is 10.2 Å². The molecule has 3 rings (SSSR count). The molecule has 24 heavy (non-hydrogen) atoms. The normalized spacial score (nSPS) is 11.5. The average Bonchev–Trinajstić information content (AvgIpc) is 2.97. The highest BCUT2D eigenvalue weighted by Crippen LogP contribution is 2.24. The molecule has 0 N–H and O–H groups in total. The van der Waals surface area contributed by atoms with Gasteiger partial charge in [0.05, 0.1) is 10.2 Å². The van der Waals surface area contributed by atoms with Gasteiger partial charge in [-0.25, -0.2) is 14.2 Å².